The van der Waals surface area contributed by atoms with Crippen LogP contribution in [0.3, 0.4) is 0 Å². The van der Waals surface area contributed by atoms with Crippen LogP contribution in [0.4, 0.5) is 0 Å². The largest absolute Gasteiger partial charge is 0.379 e. The average molecular weight is 288 g/mol. The van der Waals surface area contributed by atoms with Gasteiger partial charge < -0.3 is 14.6 Å². The Labute approximate surface area is 125 Å². The van der Waals surface area contributed by atoms with E-state index in [1.54, 1.807) is 0 Å². The van der Waals surface area contributed by atoms with Gasteiger partial charge in [-0.25, -0.2) is 9.97 Å². The first-order chi connectivity index (χ1) is 10.3. The third kappa shape index (κ3) is 2.80. The summed E-state index contributed by atoms with van der Waals surface area (Å²) in [6, 6.07) is 4.35. The van der Waals surface area contributed by atoms with E-state index in [0.29, 0.717) is 12.0 Å². The molecule has 5 nitrogen and oxygen atoms in total. The van der Waals surface area contributed by atoms with Gasteiger partial charge in [0.15, 0.2) is 5.65 Å². The maximum Gasteiger partial charge on any atom is 0.159 e. The van der Waals surface area contributed by atoms with Crippen LogP contribution in [0, 0.1) is 0 Å². The molecule has 2 atom stereocenters. The predicted molar refractivity (Wildman–Crippen MR) is 83.5 cm³/mol. The first-order valence-electron chi connectivity index (χ1n) is 7.97. The molecule has 0 saturated carbocycles. The molecule has 0 spiro atoms. The fraction of sp³-hybridized carbons (Fsp3) is 0.625. The number of pyridine rings is 1. The van der Waals surface area contributed by atoms with Gasteiger partial charge >= 0.3 is 0 Å². The minimum Gasteiger partial charge on any atom is -0.379 e. The lowest BCUT2D eigenvalue weighted by molar-refractivity contribution is 0.187. The minimum absolute atomic E-state index is 0.317. The molecular weight excluding hydrogens is 264 g/mol. The molecule has 0 radical (unpaired) electrons. The number of aromatic nitrogens is 3. The zero-order valence-electron chi connectivity index (χ0n) is 12.9. The van der Waals surface area contributed by atoms with Gasteiger partial charge in [0.05, 0.1) is 19.1 Å². The van der Waals surface area contributed by atoms with E-state index >= 15 is 0 Å². The Hall–Kier alpha value is -1.46. The smallest absolute Gasteiger partial charge is 0.159 e. The summed E-state index contributed by atoms with van der Waals surface area (Å²) in [6.45, 7) is 7.88. The summed E-state index contributed by atoms with van der Waals surface area (Å²) < 4.78 is 7.99. The van der Waals surface area contributed by atoms with Crippen molar-refractivity contribution < 1.29 is 4.74 Å². The molecule has 2 aromatic rings. The van der Waals surface area contributed by atoms with Crippen LogP contribution >= 0.6 is 0 Å². The van der Waals surface area contributed by atoms with Crippen molar-refractivity contribution in [1.82, 2.24) is 19.9 Å². The second kappa shape index (κ2) is 6.54. The number of aryl methyl sites for hydroxylation is 1. The Morgan fingerprint density at radius 1 is 1.33 bits per heavy atom. The van der Waals surface area contributed by atoms with Gasteiger partial charge in [-0.15, -0.1) is 0 Å². The van der Waals surface area contributed by atoms with E-state index in [1.165, 1.54) is 0 Å². The average Bonchev–Trinajstić information content (AvgIpc) is 3.10. The topological polar surface area (TPSA) is 52.0 Å². The zero-order valence-corrected chi connectivity index (χ0v) is 12.9. The van der Waals surface area contributed by atoms with Crippen LogP contribution in [0.2, 0.25) is 0 Å². The van der Waals surface area contributed by atoms with Crippen molar-refractivity contribution in [3.05, 3.63) is 24.2 Å². The quantitative estimate of drug-likeness (QED) is 0.886. The molecule has 3 rings (SSSR count). The zero-order chi connectivity index (χ0) is 14.7. The molecule has 1 saturated heterocycles. The maximum atomic E-state index is 5.71. The molecular formula is C16H24N4O. The molecule has 1 fully saturated rings. The second-order valence-corrected chi connectivity index (χ2v) is 5.67. The van der Waals surface area contributed by atoms with E-state index < -0.39 is 0 Å². The Kier molecular flexibility index (Phi) is 4.51. The lowest BCUT2D eigenvalue weighted by Crippen LogP contribution is -2.36. The SMILES string of the molecule is CCCNC1COCC1c1nc2cccnc2n1CCC. The summed E-state index contributed by atoms with van der Waals surface area (Å²) in [6.07, 6.45) is 4.06. The highest BCUT2D eigenvalue weighted by atomic mass is 16.5. The highest BCUT2D eigenvalue weighted by Crippen LogP contribution is 2.28. The number of hydrogen-bond donors (Lipinski definition) is 1. The number of nitrogens with one attached hydrogen (secondary N) is 1. The fourth-order valence-electron chi connectivity index (χ4n) is 3.04. The number of hydrogen-bond acceptors (Lipinski definition) is 4. The highest BCUT2D eigenvalue weighted by Gasteiger charge is 2.33. The van der Waals surface area contributed by atoms with Crippen LogP contribution in [-0.2, 0) is 11.3 Å². The van der Waals surface area contributed by atoms with Gasteiger partial charge in [0, 0.05) is 18.8 Å². The van der Waals surface area contributed by atoms with Gasteiger partial charge in [-0.1, -0.05) is 13.8 Å². The first kappa shape index (κ1) is 14.5. The summed E-state index contributed by atoms with van der Waals surface area (Å²) >= 11 is 0. The van der Waals surface area contributed by atoms with Crippen molar-refractivity contribution in [2.75, 3.05) is 19.8 Å². The van der Waals surface area contributed by atoms with Crippen molar-refractivity contribution in [3.63, 3.8) is 0 Å². The molecule has 0 bridgehead atoms. The van der Waals surface area contributed by atoms with Crippen LogP contribution in [0.15, 0.2) is 18.3 Å². The Bertz CT molecular complexity index is 595. The van der Waals surface area contributed by atoms with Gasteiger partial charge in [0.25, 0.3) is 0 Å². The normalized spacial score (nSPS) is 22.2. The fourth-order valence-corrected chi connectivity index (χ4v) is 3.04. The summed E-state index contributed by atoms with van der Waals surface area (Å²) in [5.74, 6) is 1.44. The number of imidazole rings is 1. The molecule has 0 amide bonds. The minimum atomic E-state index is 0.317. The van der Waals surface area contributed by atoms with E-state index in [2.05, 4.69) is 28.7 Å². The predicted octanol–water partition coefficient (Wildman–Crippen LogP) is 2.32. The molecule has 5 heteroatoms. The summed E-state index contributed by atoms with van der Waals surface area (Å²) in [7, 11) is 0. The molecule has 0 aromatic carbocycles. The number of ether oxygens (including phenoxy) is 1. The molecule has 21 heavy (non-hydrogen) atoms. The highest BCUT2D eigenvalue weighted by molar-refractivity contribution is 5.71. The van der Waals surface area contributed by atoms with Gasteiger partial charge in [-0.05, 0) is 31.5 Å². The van der Waals surface area contributed by atoms with E-state index in [4.69, 9.17) is 9.72 Å². The third-order valence-electron chi connectivity index (χ3n) is 4.05. The van der Waals surface area contributed by atoms with Crippen LogP contribution in [-0.4, -0.2) is 40.3 Å². The van der Waals surface area contributed by atoms with E-state index in [0.717, 1.165) is 56.1 Å². The van der Waals surface area contributed by atoms with Crippen LogP contribution in [0.25, 0.3) is 11.2 Å². The molecule has 114 valence electrons. The van der Waals surface area contributed by atoms with E-state index in [9.17, 15) is 0 Å². The lowest BCUT2D eigenvalue weighted by Gasteiger charge is -2.19. The number of rotatable bonds is 6. The monoisotopic (exact) mass is 288 g/mol. The molecule has 2 unspecified atom stereocenters. The summed E-state index contributed by atoms with van der Waals surface area (Å²) in [4.78, 5) is 9.37. The van der Waals surface area contributed by atoms with Gasteiger partial charge in [-0.3, -0.25) is 0 Å². The molecule has 1 aliphatic rings. The lowest BCUT2D eigenvalue weighted by atomic mass is 10.0. The second-order valence-electron chi connectivity index (χ2n) is 5.67. The molecule has 1 N–H and O–H groups in total. The Balaban J connectivity index is 1.96. The third-order valence-corrected chi connectivity index (χ3v) is 4.05. The van der Waals surface area contributed by atoms with Crippen LogP contribution in [0.1, 0.15) is 38.4 Å². The van der Waals surface area contributed by atoms with Crippen LogP contribution in [0.5, 0.6) is 0 Å². The molecule has 2 aromatic heterocycles. The summed E-state index contributed by atoms with van der Waals surface area (Å²) in [5.41, 5.74) is 1.98. The Morgan fingerprint density at radius 3 is 3.05 bits per heavy atom. The van der Waals surface area contributed by atoms with Crippen molar-refractivity contribution in [1.29, 1.82) is 0 Å². The summed E-state index contributed by atoms with van der Waals surface area (Å²) in [5, 5.41) is 3.59. The standard InChI is InChI=1S/C16H24N4O/c1-3-7-17-14-11-21-10-12(14)15-19-13-6-5-8-18-16(13)20(15)9-4-2/h5-6,8,12,14,17H,3-4,7,9-11H2,1-2H3. The van der Waals surface area contributed by atoms with Crippen molar-refractivity contribution in [3.8, 4) is 0 Å². The first-order valence-corrected chi connectivity index (χ1v) is 7.97. The van der Waals surface area contributed by atoms with Crippen LogP contribution < -0.4 is 5.32 Å². The van der Waals surface area contributed by atoms with Crippen molar-refractivity contribution >= 4 is 11.2 Å². The van der Waals surface area contributed by atoms with Gasteiger partial charge in [0.2, 0.25) is 0 Å². The van der Waals surface area contributed by atoms with Gasteiger partial charge in [0.1, 0.15) is 11.3 Å². The van der Waals surface area contributed by atoms with Crippen molar-refractivity contribution in [2.24, 2.45) is 0 Å². The van der Waals surface area contributed by atoms with Crippen molar-refractivity contribution in [2.45, 2.75) is 45.2 Å². The van der Waals surface area contributed by atoms with E-state index in [-0.39, 0.29) is 0 Å². The Morgan fingerprint density at radius 2 is 2.24 bits per heavy atom. The maximum absolute atomic E-state index is 5.71. The molecule has 3 heterocycles. The molecule has 1 aliphatic heterocycles. The molecule has 0 aliphatic carbocycles. The van der Waals surface area contributed by atoms with E-state index in [1.807, 2.05) is 18.3 Å². The number of nitrogens with zero attached hydrogens (tertiary/aromatic N) is 3. The van der Waals surface area contributed by atoms with Gasteiger partial charge in [-0.2, -0.15) is 0 Å². The number of fused-ring (bicyclic) bond motifs is 1.